The van der Waals surface area contributed by atoms with Gasteiger partial charge in [-0.15, -0.1) is 0 Å². The topological polar surface area (TPSA) is 67.2 Å². The third-order valence-electron chi connectivity index (χ3n) is 3.60. The van der Waals surface area contributed by atoms with Crippen molar-refractivity contribution in [1.29, 1.82) is 0 Å². The zero-order chi connectivity index (χ0) is 16.6. The predicted molar refractivity (Wildman–Crippen MR) is 77.1 cm³/mol. The Morgan fingerprint density at radius 1 is 1.27 bits per heavy atom. The molecule has 1 heterocycles. The molecule has 1 aromatic carbocycles. The van der Waals surface area contributed by atoms with E-state index in [1.807, 2.05) is 13.8 Å². The van der Waals surface area contributed by atoms with Crippen LogP contribution in [0.25, 0.3) is 0 Å². The Morgan fingerprint density at radius 2 is 1.91 bits per heavy atom. The number of H-pyrrole nitrogens is 1. The second-order valence-corrected chi connectivity index (χ2v) is 5.29. The highest BCUT2D eigenvalue weighted by atomic mass is 19.2. The van der Waals surface area contributed by atoms with E-state index in [1.54, 1.807) is 11.6 Å². The maximum atomic E-state index is 14.1. The first-order valence-corrected chi connectivity index (χ1v) is 6.80. The molecule has 0 saturated carbocycles. The molecule has 0 aliphatic rings. The van der Waals surface area contributed by atoms with Crippen LogP contribution < -0.4 is 10.3 Å². The maximum absolute atomic E-state index is 14.1. The minimum Gasteiger partial charge on any atom is -0.494 e. The van der Waals surface area contributed by atoms with E-state index < -0.39 is 23.3 Å². The molecule has 0 aliphatic heterocycles. The van der Waals surface area contributed by atoms with Crippen molar-refractivity contribution in [1.82, 2.24) is 9.78 Å². The van der Waals surface area contributed by atoms with Gasteiger partial charge in [-0.25, -0.2) is 4.39 Å². The molecule has 5 nitrogen and oxygen atoms in total. The van der Waals surface area contributed by atoms with Gasteiger partial charge in [0.1, 0.15) is 6.10 Å². The van der Waals surface area contributed by atoms with Crippen LogP contribution in [0.5, 0.6) is 5.75 Å². The van der Waals surface area contributed by atoms with Gasteiger partial charge in [0.25, 0.3) is 5.56 Å². The zero-order valence-corrected chi connectivity index (χ0v) is 12.8. The standard InChI is InChI=1S/C15H18F2N2O3/c1-7(2)19-8(3)11(15(21)18-19)14(20)9-5-6-10(22-4)13(17)12(9)16/h5-7,14,20H,1-4H3,(H,18,21). The number of aromatic amines is 1. The SMILES string of the molecule is COc1ccc(C(O)c2c(C)n(C(C)C)[nH]c2=O)c(F)c1F. The van der Waals surface area contributed by atoms with Gasteiger partial charge >= 0.3 is 0 Å². The fourth-order valence-corrected chi connectivity index (χ4v) is 2.46. The number of aliphatic hydroxyl groups excluding tert-OH is 1. The molecule has 0 fully saturated rings. The molecule has 0 saturated heterocycles. The second-order valence-electron chi connectivity index (χ2n) is 5.29. The fraction of sp³-hybridized carbons (Fsp3) is 0.400. The van der Waals surface area contributed by atoms with Crippen LogP contribution in [0.3, 0.4) is 0 Å². The molecular formula is C15H18F2N2O3. The van der Waals surface area contributed by atoms with E-state index in [0.717, 1.165) is 0 Å². The Bertz CT molecular complexity index is 750. The number of ether oxygens (including phenoxy) is 1. The average molecular weight is 312 g/mol. The van der Waals surface area contributed by atoms with Crippen LogP contribution in [-0.2, 0) is 0 Å². The van der Waals surface area contributed by atoms with Gasteiger partial charge in [0.15, 0.2) is 11.6 Å². The normalized spacial score (nSPS) is 12.7. The van der Waals surface area contributed by atoms with Crippen molar-refractivity contribution in [3.8, 4) is 5.75 Å². The van der Waals surface area contributed by atoms with Gasteiger partial charge in [-0.2, -0.15) is 4.39 Å². The largest absolute Gasteiger partial charge is 0.494 e. The molecule has 0 aliphatic carbocycles. The lowest BCUT2D eigenvalue weighted by Crippen LogP contribution is -2.14. The summed E-state index contributed by atoms with van der Waals surface area (Å²) < 4.78 is 34.1. The molecule has 2 aromatic rings. The van der Waals surface area contributed by atoms with Crippen LogP contribution in [0.4, 0.5) is 8.78 Å². The summed E-state index contributed by atoms with van der Waals surface area (Å²) in [5.74, 6) is -2.70. The maximum Gasteiger partial charge on any atom is 0.270 e. The molecule has 0 spiro atoms. The number of nitrogens with zero attached hydrogens (tertiary/aromatic N) is 1. The van der Waals surface area contributed by atoms with Crippen LogP contribution in [0.2, 0.25) is 0 Å². The molecule has 1 atom stereocenters. The average Bonchev–Trinajstić information content (AvgIpc) is 2.76. The number of hydrogen-bond acceptors (Lipinski definition) is 3. The molecule has 120 valence electrons. The lowest BCUT2D eigenvalue weighted by molar-refractivity contribution is 0.210. The summed E-state index contributed by atoms with van der Waals surface area (Å²) in [6.45, 7) is 5.34. The Balaban J connectivity index is 2.56. The Labute approximate surface area is 126 Å². The van der Waals surface area contributed by atoms with Crippen molar-refractivity contribution in [3.05, 3.63) is 50.9 Å². The van der Waals surface area contributed by atoms with Crippen molar-refractivity contribution in [2.45, 2.75) is 32.9 Å². The van der Waals surface area contributed by atoms with Gasteiger partial charge in [0.05, 0.1) is 12.7 Å². The van der Waals surface area contributed by atoms with E-state index in [4.69, 9.17) is 0 Å². The number of aliphatic hydroxyl groups is 1. The first-order valence-electron chi connectivity index (χ1n) is 6.80. The van der Waals surface area contributed by atoms with E-state index in [0.29, 0.717) is 5.69 Å². The first kappa shape index (κ1) is 16.2. The first-order chi connectivity index (χ1) is 10.3. The molecule has 1 unspecified atom stereocenters. The quantitative estimate of drug-likeness (QED) is 0.911. The van der Waals surface area contributed by atoms with Crippen molar-refractivity contribution < 1.29 is 18.6 Å². The molecule has 2 rings (SSSR count). The Kier molecular flexibility index (Phi) is 4.37. The number of nitrogens with one attached hydrogen (secondary N) is 1. The summed E-state index contributed by atoms with van der Waals surface area (Å²) in [5.41, 5.74) is -0.372. The lowest BCUT2D eigenvalue weighted by Gasteiger charge is -2.14. The van der Waals surface area contributed by atoms with E-state index >= 15 is 0 Å². The summed E-state index contributed by atoms with van der Waals surface area (Å²) in [6.07, 6.45) is -1.57. The zero-order valence-electron chi connectivity index (χ0n) is 12.8. The molecule has 0 amide bonds. The third-order valence-corrected chi connectivity index (χ3v) is 3.60. The number of hydrogen-bond donors (Lipinski definition) is 2. The second kappa shape index (κ2) is 5.92. The highest BCUT2D eigenvalue weighted by Gasteiger charge is 2.26. The summed E-state index contributed by atoms with van der Waals surface area (Å²) >= 11 is 0. The van der Waals surface area contributed by atoms with E-state index in [1.165, 1.54) is 19.2 Å². The predicted octanol–water partition coefficient (Wildman–Crippen LogP) is 2.43. The fourth-order valence-electron chi connectivity index (χ4n) is 2.46. The molecule has 2 N–H and O–H groups in total. The van der Waals surface area contributed by atoms with E-state index in [2.05, 4.69) is 9.84 Å². The van der Waals surface area contributed by atoms with Gasteiger partial charge < -0.3 is 9.84 Å². The molecule has 22 heavy (non-hydrogen) atoms. The molecule has 0 bridgehead atoms. The number of aromatic nitrogens is 2. The molecule has 7 heteroatoms. The van der Waals surface area contributed by atoms with Crippen molar-refractivity contribution in [2.24, 2.45) is 0 Å². The smallest absolute Gasteiger partial charge is 0.270 e. The highest BCUT2D eigenvalue weighted by molar-refractivity contribution is 5.37. The van der Waals surface area contributed by atoms with Crippen LogP contribution in [0.1, 0.15) is 42.8 Å². The van der Waals surface area contributed by atoms with Gasteiger partial charge in [0, 0.05) is 17.3 Å². The van der Waals surface area contributed by atoms with E-state index in [-0.39, 0.29) is 22.9 Å². The van der Waals surface area contributed by atoms with Gasteiger partial charge in [-0.3, -0.25) is 14.6 Å². The van der Waals surface area contributed by atoms with Crippen LogP contribution in [-0.4, -0.2) is 22.0 Å². The lowest BCUT2D eigenvalue weighted by atomic mass is 10.0. The minimum absolute atomic E-state index is 0.00262. The Morgan fingerprint density at radius 3 is 2.41 bits per heavy atom. The molecule has 0 radical (unpaired) electrons. The summed E-state index contributed by atoms with van der Waals surface area (Å²) in [6, 6.07) is 2.37. The van der Waals surface area contributed by atoms with Crippen LogP contribution in [0, 0.1) is 18.6 Å². The molecular weight excluding hydrogens is 294 g/mol. The third kappa shape index (κ3) is 2.52. The summed E-state index contributed by atoms with van der Waals surface area (Å²) in [5, 5.41) is 12.9. The number of benzene rings is 1. The van der Waals surface area contributed by atoms with Crippen LogP contribution >= 0.6 is 0 Å². The number of rotatable bonds is 4. The van der Waals surface area contributed by atoms with Crippen molar-refractivity contribution in [2.75, 3.05) is 7.11 Å². The van der Waals surface area contributed by atoms with Crippen LogP contribution in [0.15, 0.2) is 16.9 Å². The van der Waals surface area contributed by atoms with E-state index in [9.17, 15) is 18.7 Å². The van der Waals surface area contributed by atoms with Crippen molar-refractivity contribution >= 4 is 0 Å². The minimum atomic E-state index is -1.57. The monoisotopic (exact) mass is 312 g/mol. The highest BCUT2D eigenvalue weighted by Crippen LogP contribution is 2.30. The number of halogens is 2. The Hall–Kier alpha value is -2.15. The molecule has 1 aromatic heterocycles. The van der Waals surface area contributed by atoms with Gasteiger partial charge in [0.2, 0.25) is 5.82 Å². The van der Waals surface area contributed by atoms with Gasteiger partial charge in [-0.1, -0.05) is 0 Å². The number of methoxy groups -OCH3 is 1. The summed E-state index contributed by atoms with van der Waals surface area (Å²) in [4.78, 5) is 12.0. The van der Waals surface area contributed by atoms with Gasteiger partial charge in [-0.05, 0) is 32.9 Å². The van der Waals surface area contributed by atoms with Crippen molar-refractivity contribution in [3.63, 3.8) is 0 Å². The summed E-state index contributed by atoms with van der Waals surface area (Å²) in [7, 11) is 1.21.